The molecule has 108 valence electrons. The van der Waals surface area contributed by atoms with Crippen LogP contribution in [0.5, 0.6) is 0 Å². The smallest absolute Gasteiger partial charge is 0.238 e. The highest BCUT2D eigenvalue weighted by Crippen LogP contribution is 2.36. The highest BCUT2D eigenvalue weighted by atomic mass is 32.2. The summed E-state index contributed by atoms with van der Waals surface area (Å²) in [6.07, 6.45) is 2.05. The van der Waals surface area contributed by atoms with Crippen LogP contribution in [0.1, 0.15) is 33.1 Å². The van der Waals surface area contributed by atoms with Gasteiger partial charge in [0.25, 0.3) is 0 Å². The van der Waals surface area contributed by atoms with Gasteiger partial charge in [0.2, 0.25) is 11.8 Å². The largest absolute Gasteiger partial charge is 0.353 e. The average molecular weight is 292 g/mol. The number of carbonyl (C=O) groups excluding carboxylic acids is 2. The molecule has 0 bridgehead atoms. The average Bonchev–Trinajstić information content (AvgIpc) is 2.45. The van der Waals surface area contributed by atoms with E-state index in [1.165, 1.54) is 11.8 Å². The molecule has 2 rings (SSSR count). The van der Waals surface area contributed by atoms with E-state index < -0.39 is 0 Å². The summed E-state index contributed by atoms with van der Waals surface area (Å²) in [4.78, 5) is 25.0. The summed E-state index contributed by atoms with van der Waals surface area (Å²) in [6, 6.07) is 7.86. The molecular formula is C15H20N2O2S. The first-order valence-electron chi connectivity index (χ1n) is 7.00. The third-order valence-electron chi connectivity index (χ3n) is 3.43. The number of carbonyl (C=O) groups is 2. The molecule has 0 fully saturated rings. The third-order valence-corrected chi connectivity index (χ3v) is 4.70. The van der Waals surface area contributed by atoms with E-state index in [-0.39, 0.29) is 29.5 Å². The van der Waals surface area contributed by atoms with Crippen molar-refractivity contribution in [3.63, 3.8) is 0 Å². The van der Waals surface area contributed by atoms with E-state index in [9.17, 15) is 9.59 Å². The number of fused-ring (bicyclic) bond motifs is 1. The van der Waals surface area contributed by atoms with Gasteiger partial charge in [-0.25, -0.2) is 0 Å². The molecule has 2 N–H and O–H groups in total. The van der Waals surface area contributed by atoms with Crippen LogP contribution in [0.4, 0.5) is 5.69 Å². The van der Waals surface area contributed by atoms with Gasteiger partial charge in [0.15, 0.2) is 0 Å². The molecule has 1 aromatic rings. The van der Waals surface area contributed by atoms with Crippen LogP contribution in [-0.4, -0.2) is 23.1 Å². The van der Waals surface area contributed by atoms with Gasteiger partial charge < -0.3 is 10.6 Å². The Bertz CT molecular complexity index is 500. The van der Waals surface area contributed by atoms with Gasteiger partial charge in [0.05, 0.1) is 10.9 Å². The molecular weight excluding hydrogens is 272 g/mol. The number of amides is 2. The van der Waals surface area contributed by atoms with E-state index in [1.54, 1.807) is 0 Å². The van der Waals surface area contributed by atoms with Gasteiger partial charge in [0.1, 0.15) is 0 Å². The molecule has 4 nitrogen and oxygen atoms in total. The van der Waals surface area contributed by atoms with Crippen molar-refractivity contribution in [2.75, 3.05) is 5.32 Å². The third kappa shape index (κ3) is 3.54. The molecule has 0 aromatic heterocycles. The Morgan fingerprint density at radius 2 is 2.05 bits per heavy atom. The molecule has 20 heavy (non-hydrogen) atoms. The second kappa shape index (κ2) is 6.79. The van der Waals surface area contributed by atoms with Crippen molar-refractivity contribution in [3.8, 4) is 0 Å². The lowest BCUT2D eigenvalue weighted by atomic mass is 10.1. The number of thioether (sulfide) groups is 1. The minimum Gasteiger partial charge on any atom is -0.353 e. The molecule has 2 amide bonds. The van der Waals surface area contributed by atoms with Gasteiger partial charge in [-0.2, -0.15) is 0 Å². The van der Waals surface area contributed by atoms with Crippen molar-refractivity contribution < 1.29 is 9.59 Å². The van der Waals surface area contributed by atoms with E-state index >= 15 is 0 Å². The maximum Gasteiger partial charge on any atom is 0.238 e. The predicted molar refractivity (Wildman–Crippen MR) is 81.8 cm³/mol. The van der Waals surface area contributed by atoms with Crippen LogP contribution in [0.15, 0.2) is 29.2 Å². The van der Waals surface area contributed by atoms with E-state index in [0.717, 1.165) is 23.4 Å². The zero-order valence-electron chi connectivity index (χ0n) is 11.8. The Morgan fingerprint density at radius 3 is 2.75 bits per heavy atom. The van der Waals surface area contributed by atoms with Crippen molar-refractivity contribution in [2.24, 2.45) is 0 Å². The molecule has 0 unspecified atom stereocenters. The molecule has 1 heterocycles. The van der Waals surface area contributed by atoms with Crippen molar-refractivity contribution in [1.29, 1.82) is 0 Å². The van der Waals surface area contributed by atoms with Crippen LogP contribution in [0, 0.1) is 0 Å². The zero-order chi connectivity index (χ0) is 14.5. The number of hydrogen-bond acceptors (Lipinski definition) is 3. The Balaban J connectivity index is 1.97. The Labute approximate surface area is 123 Å². The second-order valence-corrected chi connectivity index (χ2v) is 6.12. The predicted octanol–water partition coefficient (Wildman–Crippen LogP) is 2.79. The molecule has 1 aromatic carbocycles. The first kappa shape index (κ1) is 14.9. The second-order valence-electron chi connectivity index (χ2n) is 4.88. The topological polar surface area (TPSA) is 58.2 Å². The number of nitrogens with one attached hydrogen (secondary N) is 2. The molecule has 1 aliphatic heterocycles. The fraction of sp³-hybridized carbons (Fsp3) is 0.467. The minimum absolute atomic E-state index is 0.0502. The first-order chi connectivity index (χ1) is 9.63. The molecule has 0 radical (unpaired) electrons. The van der Waals surface area contributed by atoms with E-state index in [1.807, 2.05) is 38.1 Å². The fourth-order valence-corrected chi connectivity index (χ4v) is 3.29. The standard InChI is InChI=1S/C15H20N2O2S/c1-3-10(4-2)16-14(18)9-13-15(19)17-11-7-5-6-8-12(11)20-13/h5-8,10,13H,3-4,9H2,1-2H3,(H,16,18)(H,17,19)/t13-/m1/s1. The lowest BCUT2D eigenvalue weighted by Gasteiger charge is -2.24. The molecule has 0 spiro atoms. The number of benzene rings is 1. The summed E-state index contributed by atoms with van der Waals surface area (Å²) in [5.74, 6) is -0.140. The van der Waals surface area contributed by atoms with Crippen LogP contribution in [0.2, 0.25) is 0 Å². The lowest BCUT2D eigenvalue weighted by Crippen LogP contribution is -2.38. The maximum absolute atomic E-state index is 12.0. The van der Waals surface area contributed by atoms with Crippen LogP contribution in [-0.2, 0) is 9.59 Å². The highest BCUT2D eigenvalue weighted by Gasteiger charge is 2.29. The Morgan fingerprint density at radius 1 is 1.35 bits per heavy atom. The van der Waals surface area contributed by atoms with E-state index in [4.69, 9.17) is 0 Å². The van der Waals surface area contributed by atoms with Gasteiger partial charge in [-0.05, 0) is 25.0 Å². The lowest BCUT2D eigenvalue weighted by molar-refractivity contribution is -0.124. The molecule has 0 saturated carbocycles. The zero-order valence-corrected chi connectivity index (χ0v) is 12.6. The van der Waals surface area contributed by atoms with E-state index in [0.29, 0.717) is 0 Å². The van der Waals surface area contributed by atoms with Crippen molar-refractivity contribution in [2.45, 2.75) is 49.3 Å². The first-order valence-corrected chi connectivity index (χ1v) is 7.87. The number of rotatable bonds is 5. The van der Waals surface area contributed by atoms with Gasteiger partial charge in [-0.3, -0.25) is 9.59 Å². The fourth-order valence-electron chi connectivity index (χ4n) is 2.17. The van der Waals surface area contributed by atoms with Crippen molar-refractivity contribution >= 4 is 29.3 Å². The number of anilines is 1. The summed E-state index contributed by atoms with van der Waals surface area (Å²) in [6.45, 7) is 4.10. The molecule has 0 aliphatic carbocycles. The van der Waals surface area contributed by atoms with Gasteiger partial charge in [0, 0.05) is 17.4 Å². The molecule has 1 aliphatic rings. The summed E-state index contributed by atoms with van der Waals surface area (Å²) < 4.78 is 0. The van der Waals surface area contributed by atoms with Gasteiger partial charge in [-0.15, -0.1) is 11.8 Å². The van der Waals surface area contributed by atoms with Crippen LogP contribution in [0.25, 0.3) is 0 Å². The maximum atomic E-state index is 12.0. The summed E-state index contributed by atoms with van der Waals surface area (Å²) >= 11 is 1.46. The number of para-hydroxylation sites is 1. The normalized spacial score (nSPS) is 17.6. The van der Waals surface area contributed by atoms with Crippen molar-refractivity contribution in [3.05, 3.63) is 24.3 Å². The molecule has 0 saturated heterocycles. The summed E-state index contributed by atoms with van der Waals surface area (Å²) in [5.41, 5.74) is 0.833. The SMILES string of the molecule is CCC(CC)NC(=O)C[C@H]1Sc2ccccc2NC1=O. The van der Waals surface area contributed by atoms with Gasteiger partial charge >= 0.3 is 0 Å². The van der Waals surface area contributed by atoms with Crippen LogP contribution < -0.4 is 10.6 Å². The van der Waals surface area contributed by atoms with Crippen LogP contribution >= 0.6 is 11.8 Å². The van der Waals surface area contributed by atoms with Gasteiger partial charge in [-0.1, -0.05) is 26.0 Å². The Kier molecular flexibility index (Phi) is 5.06. The quantitative estimate of drug-likeness (QED) is 0.877. The van der Waals surface area contributed by atoms with Crippen molar-refractivity contribution in [1.82, 2.24) is 5.32 Å². The molecule has 1 atom stereocenters. The monoisotopic (exact) mass is 292 g/mol. The summed E-state index contributed by atoms with van der Waals surface area (Å²) in [7, 11) is 0. The number of hydrogen-bond donors (Lipinski definition) is 2. The Hall–Kier alpha value is -1.49. The minimum atomic E-state index is -0.348. The van der Waals surface area contributed by atoms with Crippen LogP contribution in [0.3, 0.4) is 0 Å². The van der Waals surface area contributed by atoms with E-state index in [2.05, 4.69) is 10.6 Å². The highest BCUT2D eigenvalue weighted by molar-refractivity contribution is 8.01. The molecule has 5 heteroatoms. The summed E-state index contributed by atoms with van der Waals surface area (Å²) in [5, 5.41) is 5.48.